The Labute approximate surface area is 231 Å². The molecule has 1 saturated carbocycles. The molecule has 1 fully saturated rings. The van der Waals surface area contributed by atoms with Gasteiger partial charge in [0, 0.05) is 71.9 Å². The summed E-state index contributed by atoms with van der Waals surface area (Å²) in [5.41, 5.74) is 5.53. The summed E-state index contributed by atoms with van der Waals surface area (Å²) < 4.78 is 7.84. The largest absolute Gasteiger partial charge is 0.456 e. The van der Waals surface area contributed by atoms with Crippen molar-refractivity contribution in [2.24, 2.45) is 0 Å². The minimum Gasteiger partial charge on any atom is -0.456 e. The number of para-hydroxylation sites is 1. The van der Waals surface area contributed by atoms with Crippen LogP contribution in [0.1, 0.15) is 48.7 Å². The van der Waals surface area contributed by atoms with Crippen molar-refractivity contribution in [2.75, 3.05) is 11.9 Å². The van der Waals surface area contributed by atoms with Gasteiger partial charge in [-0.05, 0) is 48.7 Å². The third-order valence-corrected chi connectivity index (χ3v) is 8.03. The normalized spacial score (nSPS) is 14.1. The van der Waals surface area contributed by atoms with Gasteiger partial charge in [-0.1, -0.05) is 37.1 Å². The minimum absolute atomic E-state index is 0.00905. The summed E-state index contributed by atoms with van der Waals surface area (Å²) in [5, 5.41) is 10.1. The standard InChI is InChI=1S/C32H32N6O2/c39-32-28(35-17-21-9-10-30-26(15-21)25-7-3-4-8-29(25)40-30)20-36-31(22-5-1-2-6-22)38(32)14-13-34-19-24-16-23-18-33-12-11-27(23)37-24/h3-4,7-12,15-16,18,20,22,34-35,37H,1-2,5-6,13-14,17,19H2. The fourth-order valence-corrected chi connectivity index (χ4v) is 5.97. The quantitative estimate of drug-likeness (QED) is 0.195. The lowest BCUT2D eigenvalue weighted by molar-refractivity contribution is 0.521. The molecule has 3 N–H and O–H groups in total. The second-order valence-corrected chi connectivity index (χ2v) is 10.7. The Balaban J connectivity index is 1.08. The lowest BCUT2D eigenvalue weighted by Crippen LogP contribution is -2.32. The summed E-state index contributed by atoms with van der Waals surface area (Å²) in [6.45, 7) is 2.46. The average Bonchev–Trinajstić information content (AvgIpc) is 3.73. The molecule has 4 aromatic heterocycles. The first-order valence-electron chi connectivity index (χ1n) is 14.1. The van der Waals surface area contributed by atoms with E-state index in [9.17, 15) is 4.79 Å². The number of hydrogen-bond donors (Lipinski definition) is 3. The third kappa shape index (κ3) is 4.75. The molecule has 1 aliphatic rings. The SMILES string of the molecule is O=c1c(NCc2ccc3oc4ccccc4c3c2)cnc(C2CCCC2)n1CCNCc1cc2cnccc2[nH]1. The predicted octanol–water partition coefficient (Wildman–Crippen LogP) is 6.08. The van der Waals surface area contributed by atoms with Gasteiger partial charge in [-0.15, -0.1) is 0 Å². The number of hydrogen-bond acceptors (Lipinski definition) is 6. The first kappa shape index (κ1) is 24.6. The maximum atomic E-state index is 13.7. The molecule has 0 atom stereocenters. The Morgan fingerprint density at radius 1 is 0.975 bits per heavy atom. The lowest BCUT2D eigenvalue weighted by Gasteiger charge is -2.18. The molecular weight excluding hydrogens is 500 g/mol. The molecule has 0 unspecified atom stereocenters. The monoisotopic (exact) mass is 532 g/mol. The Morgan fingerprint density at radius 3 is 2.75 bits per heavy atom. The summed E-state index contributed by atoms with van der Waals surface area (Å²) in [6, 6.07) is 18.3. The van der Waals surface area contributed by atoms with Gasteiger partial charge in [0.15, 0.2) is 0 Å². The summed E-state index contributed by atoms with van der Waals surface area (Å²) in [4.78, 5) is 26.1. The molecule has 0 spiro atoms. The molecule has 1 aliphatic carbocycles. The fourth-order valence-electron chi connectivity index (χ4n) is 5.97. The number of benzene rings is 2. The Hall–Kier alpha value is -4.43. The summed E-state index contributed by atoms with van der Waals surface area (Å²) in [7, 11) is 0. The van der Waals surface area contributed by atoms with Crippen LogP contribution < -0.4 is 16.2 Å². The molecule has 2 aromatic carbocycles. The highest BCUT2D eigenvalue weighted by Crippen LogP contribution is 2.33. The number of aromatic nitrogens is 4. The van der Waals surface area contributed by atoms with Crippen LogP contribution >= 0.6 is 0 Å². The van der Waals surface area contributed by atoms with Gasteiger partial charge >= 0.3 is 0 Å². The number of nitrogens with one attached hydrogen (secondary N) is 3. The van der Waals surface area contributed by atoms with Crippen molar-refractivity contribution in [1.82, 2.24) is 24.8 Å². The number of H-pyrrole nitrogens is 1. The Morgan fingerprint density at radius 2 is 1.85 bits per heavy atom. The van der Waals surface area contributed by atoms with Gasteiger partial charge in [0.05, 0.1) is 6.20 Å². The van der Waals surface area contributed by atoms with Gasteiger partial charge in [0.2, 0.25) is 0 Å². The topological polar surface area (TPSA) is 101 Å². The minimum atomic E-state index is -0.00905. The number of anilines is 1. The smallest absolute Gasteiger partial charge is 0.276 e. The van der Waals surface area contributed by atoms with E-state index in [2.05, 4.69) is 38.8 Å². The molecule has 8 nitrogen and oxygen atoms in total. The fraction of sp³-hybridized carbons (Fsp3) is 0.281. The summed E-state index contributed by atoms with van der Waals surface area (Å²) in [6.07, 6.45) is 9.95. The van der Waals surface area contributed by atoms with Gasteiger partial charge in [-0.3, -0.25) is 14.3 Å². The van der Waals surface area contributed by atoms with Crippen molar-refractivity contribution in [2.45, 2.75) is 51.2 Å². The van der Waals surface area contributed by atoms with Crippen LogP contribution in [0, 0.1) is 0 Å². The molecule has 0 amide bonds. The molecule has 0 bridgehead atoms. The van der Waals surface area contributed by atoms with Crippen molar-refractivity contribution in [3.8, 4) is 0 Å². The maximum absolute atomic E-state index is 13.7. The summed E-state index contributed by atoms with van der Waals surface area (Å²) >= 11 is 0. The second kappa shape index (κ2) is 10.6. The molecule has 0 saturated heterocycles. The van der Waals surface area contributed by atoms with Crippen molar-refractivity contribution >= 4 is 38.5 Å². The van der Waals surface area contributed by atoms with E-state index in [0.29, 0.717) is 37.8 Å². The molecule has 8 heteroatoms. The van der Waals surface area contributed by atoms with Gasteiger partial charge in [-0.2, -0.15) is 0 Å². The average molecular weight is 533 g/mol. The molecule has 202 valence electrons. The Kier molecular flexibility index (Phi) is 6.53. The zero-order valence-electron chi connectivity index (χ0n) is 22.3. The van der Waals surface area contributed by atoms with Crippen LogP contribution in [0.3, 0.4) is 0 Å². The second-order valence-electron chi connectivity index (χ2n) is 10.7. The highest BCUT2D eigenvalue weighted by molar-refractivity contribution is 6.05. The van der Waals surface area contributed by atoms with Gasteiger partial charge < -0.3 is 20.0 Å². The van der Waals surface area contributed by atoms with Crippen molar-refractivity contribution in [1.29, 1.82) is 0 Å². The van der Waals surface area contributed by atoms with Crippen LogP contribution in [0.5, 0.6) is 0 Å². The molecular formula is C32H32N6O2. The van der Waals surface area contributed by atoms with E-state index in [0.717, 1.165) is 62.8 Å². The van der Waals surface area contributed by atoms with Gasteiger partial charge in [-0.25, -0.2) is 4.98 Å². The summed E-state index contributed by atoms with van der Waals surface area (Å²) in [5.74, 6) is 1.26. The Bertz CT molecular complexity index is 1830. The zero-order valence-corrected chi connectivity index (χ0v) is 22.3. The number of nitrogens with zero attached hydrogens (tertiary/aromatic N) is 3. The first-order valence-corrected chi connectivity index (χ1v) is 14.1. The number of aromatic amines is 1. The van der Waals surface area contributed by atoms with Crippen LogP contribution in [0.25, 0.3) is 32.8 Å². The van der Waals surface area contributed by atoms with Gasteiger partial charge in [0.25, 0.3) is 5.56 Å². The van der Waals surface area contributed by atoms with Crippen molar-refractivity contribution < 1.29 is 4.42 Å². The molecule has 40 heavy (non-hydrogen) atoms. The molecule has 0 radical (unpaired) electrons. The molecule has 7 rings (SSSR count). The molecule has 6 aromatic rings. The van der Waals surface area contributed by atoms with Crippen molar-refractivity contribution in [3.05, 3.63) is 101 Å². The van der Waals surface area contributed by atoms with Crippen LogP contribution in [-0.2, 0) is 19.6 Å². The number of pyridine rings is 1. The van der Waals surface area contributed by atoms with E-state index >= 15 is 0 Å². The van der Waals surface area contributed by atoms with E-state index in [4.69, 9.17) is 9.40 Å². The lowest BCUT2D eigenvalue weighted by atomic mass is 10.1. The van der Waals surface area contributed by atoms with E-state index in [1.165, 1.54) is 12.8 Å². The van der Waals surface area contributed by atoms with Crippen LogP contribution in [0.15, 0.2) is 82.4 Å². The van der Waals surface area contributed by atoms with Crippen LogP contribution in [-0.4, -0.2) is 26.1 Å². The molecule has 4 heterocycles. The van der Waals surface area contributed by atoms with E-state index < -0.39 is 0 Å². The third-order valence-electron chi connectivity index (χ3n) is 8.03. The van der Waals surface area contributed by atoms with Crippen LogP contribution in [0.4, 0.5) is 5.69 Å². The highest BCUT2D eigenvalue weighted by atomic mass is 16.3. The van der Waals surface area contributed by atoms with E-state index in [1.54, 1.807) is 12.4 Å². The highest BCUT2D eigenvalue weighted by Gasteiger charge is 2.23. The van der Waals surface area contributed by atoms with Gasteiger partial charge in [0.1, 0.15) is 22.7 Å². The van der Waals surface area contributed by atoms with Crippen molar-refractivity contribution in [3.63, 3.8) is 0 Å². The van der Waals surface area contributed by atoms with E-state index in [-0.39, 0.29) is 5.56 Å². The zero-order chi connectivity index (χ0) is 26.9. The maximum Gasteiger partial charge on any atom is 0.276 e. The number of fused-ring (bicyclic) bond motifs is 4. The predicted molar refractivity (Wildman–Crippen MR) is 159 cm³/mol. The van der Waals surface area contributed by atoms with Crippen LogP contribution in [0.2, 0.25) is 0 Å². The van der Waals surface area contributed by atoms with E-state index in [1.807, 2.05) is 47.2 Å². The first-order chi connectivity index (χ1) is 19.7. The number of furan rings is 1. The molecule has 0 aliphatic heterocycles. The number of rotatable bonds is 9.